The number of carbonyl (C=O) groups excluding carboxylic acids is 2. The molecule has 28 heavy (non-hydrogen) atoms. The normalized spacial score (nSPS) is 17.1. The maximum absolute atomic E-state index is 14.2. The van der Waals surface area contributed by atoms with Crippen molar-refractivity contribution in [1.82, 2.24) is 20.1 Å². The van der Waals surface area contributed by atoms with Crippen molar-refractivity contribution in [3.05, 3.63) is 51.9 Å². The second-order valence-corrected chi connectivity index (χ2v) is 8.22. The van der Waals surface area contributed by atoms with Crippen LogP contribution in [0.25, 0.3) is 11.0 Å². The first-order valence-corrected chi connectivity index (χ1v) is 9.63. The fraction of sp³-hybridized carbons (Fsp3) is 0.263. The van der Waals surface area contributed by atoms with Crippen molar-refractivity contribution in [1.29, 1.82) is 0 Å². The highest BCUT2D eigenvalue weighted by Gasteiger charge is 2.51. The van der Waals surface area contributed by atoms with Gasteiger partial charge >= 0.3 is 0 Å². The van der Waals surface area contributed by atoms with Gasteiger partial charge in [0.2, 0.25) is 5.91 Å². The Morgan fingerprint density at radius 1 is 1.36 bits per heavy atom. The van der Waals surface area contributed by atoms with E-state index in [9.17, 15) is 14.0 Å². The van der Waals surface area contributed by atoms with Crippen molar-refractivity contribution in [2.24, 2.45) is 0 Å². The van der Waals surface area contributed by atoms with Crippen LogP contribution >= 0.6 is 15.9 Å². The number of aromatic nitrogens is 3. The molecule has 7 nitrogen and oxygen atoms in total. The number of H-pyrrole nitrogens is 1. The van der Waals surface area contributed by atoms with Gasteiger partial charge in [-0.3, -0.25) is 14.7 Å². The van der Waals surface area contributed by atoms with E-state index in [4.69, 9.17) is 0 Å². The van der Waals surface area contributed by atoms with Crippen molar-refractivity contribution in [3.63, 3.8) is 0 Å². The van der Waals surface area contributed by atoms with Crippen LogP contribution < -0.4 is 5.32 Å². The van der Waals surface area contributed by atoms with Crippen LogP contribution in [-0.4, -0.2) is 45.0 Å². The standard InChI is InChI=1S/C19H15BrFN5O2/c20-11-1-2-12-13(6-11)19(3-4-19)9-26(18(12)28)8-15(27)23-17-14(21)5-10-7-22-25-16(10)24-17/h1-2,5-7H,3-4,8-9H2,(H2,22,23,24,25,27). The average molecular weight is 444 g/mol. The van der Waals surface area contributed by atoms with E-state index in [0.29, 0.717) is 23.1 Å². The van der Waals surface area contributed by atoms with Crippen molar-refractivity contribution in [3.8, 4) is 0 Å². The molecular formula is C19H15BrFN5O2. The molecule has 0 atom stereocenters. The molecule has 0 radical (unpaired) electrons. The zero-order valence-electron chi connectivity index (χ0n) is 14.6. The zero-order valence-corrected chi connectivity index (χ0v) is 16.2. The van der Waals surface area contributed by atoms with Crippen molar-refractivity contribution in [2.45, 2.75) is 18.3 Å². The van der Waals surface area contributed by atoms with Gasteiger partial charge in [-0.15, -0.1) is 0 Å². The molecule has 5 rings (SSSR count). The van der Waals surface area contributed by atoms with Gasteiger partial charge in [0.15, 0.2) is 17.3 Å². The first-order chi connectivity index (χ1) is 13.4. The Balaban J connectivity index is 1.37. The summed E-state index contributed by atoms with van der Waals surface area (Å²) in [7, 11) is 0. The molecule has 3 heterocycles. The predicted molar refractivity (Wildman–Crippen MR) is 103 cm³/mol. The lowest BCUT2D eigenvalue weighted by atomic mass is 9.86. The Kier molecular flexibility index (Phi) is 3.77. The molecule has 9 heteroatoms. The Morgan fingerprint density at radius 3 is 2.96 bits per heavy atom. The third-order valence-electron chi connectivity index (χ3n) is 5.39. The van der Waals surface area contributed by atoms with Gasteiger partial charge in [0.25, 0.3) is 5.91 Å². The van der Waals surface area contributed by atoms with Crippen LogP contribution in [-0.2, 0) is 10.2 Å². The molecule has 2 aliphatic rings. The molecule has 1 fully saturated rings. The van der Waals surface area contributed by atoms with E-state index in [0.717, 1.165) is 22.9 Å². The molecule has 1 aromatic carbocycles. The maximum Gasteiger partial charge on any atom is 0.254 e. The molecular weight excluding hydrogens is 429 g/mol. The number of hydrogen-bond donors (Lipinski definition) is 2. The van der Waals surface area contributed by atoms with Crippen LogP contribution in [0.1, 0.15) is 28.8 Å². The topological polar surface area (TPSA) is 91.0 Å². The van der Waals surface area contributed by atoms with Gasteiger partial charge in [0, 0.05) is 27.4 Å². The summed E-state index contributed by atoms with van der Waals surface area (Å²) in [5.41, 5.74) is 1.97. The van der Waals surface area contributed by atoms with Crippen molar-refractivity contribution >= 4 is 44.6 Å². The highest BCUT2D eigenvalue weighted by atomic mass is 79.9. The molecule has 0 saturated heterocycles. The molecule has 1 aliphatic heterocycles. The van der Waals surface area contributed by atoms with Gasteiger partial charge in [-0.1, -0.05) is 15.9 Å². The average Bonchev–Trinajstić information content (AvgIpc) is 3.29. The number of halogens is 2. The van der Waals surface area contributed by atoms with Crippen molar-refractivity contribution in [2.75, 3.05) is 18.4 Å². The van der Waals surface area contributed by atoms with E-state index in [1.807, 2.05) is 12.1 Å². The lowest BCUT2D eigenvalue weighted by Gasteiger charge is -2.34. The molecule has 0 unspecified atom stereocenters. The number of aromatic amines is 1. The summed E-state index contributed by atoms with van der Waals surface area (Å²) >= 11 is 3.46. The summed E-state index contributed by atoms with van der Waals surface area (Å²) in [5, 5.41) is 9.41. The number of anilines is 1. The van der Waals surface area contributed by atoms with Gasteiger partial charge in [-0.25, -0.2) is 9.37 Å². The summed E-state index contributed by atoms with van der Waals surface area (Å²) in [6.07, 6.45) is 3.41. The maximum atomic E-state index is 14.2. The van der Waals surface area contributed by atoms with E-state index in [1.54, 1.807) is 6.07 Å². The number of nitrogens with zero attached hydrogens (tertiary/aromatic N) is 3. The van der Waals surface area contributed by atoms with Crippen LogP contribution in [0.15, 0.2) is 34.9 Å². The molecule has 0 bridgehead atoms. The van der Waals surface area contributed by atoms with Crippen LogP contribution in [0.5, 0.6) is 0 Å². The van der Waals surface area contributed by atoms with Crippen LogP contribution in [0.2, 0.25) is 0 Å². The Hall–Kier alpha value is -2.81. The van der Waals surface area contributed by atoms with Crippen molar-refractivity contribution < 1.29 is 14.0 Å². The van der Waals surface area contributed by atoms with Gasteiger partial charge < -0.3 is 10.2 Å². The number of rotatable bonds is 3. The molecule has 2 amide bonds. The number of benzene rings is 1. The van der Waals surface area contributed by atoms with E-state index >= 15 is 0 Å². The summed E-state index contributed by atoms with van der Waals surface area (Å²) in [6.45, 7) is 0.330. The lowest BCUT2D eigenvalue weighted by Crippen LogP contribution is -2.46. The van der Waals surface area contributed by atoms with E-state index in [1.165, 1.54) is 17.2 Å². The van der Waals surface area contributed by atoms with E-state index in [-0.39, 0.29) is 23.7 Å². The summed E-state index contributed by atoms with van der Waals surface area (Å²) in [6, 6.07) is 6.87. The van der Waals surface area contributed by atoms with Gasteiger partial charge in [0.05, 0.1) is 6.20 Å². The molecule has 1 spiro atoms. The Bertz CT molecular complexity index is 1140. The minimum absolute atomic E-state index is 0.0777. The molecule has 1 aliphatic carbocycles. The highest BCUT2D eigenvalue weighted by molar-refractivity contribution is 9.10. The van der Waals surface area contributed by atoms with Gasteiger partial charge in [-0.05, 0) is 42.7 Å². The lowest BCUT2D eigenvalue weighted by molar-refractivity contribution is -0.117. The SMILES string of the molecule is O=C(CN1CC2(CC2)c2cc(Br)ccc2C1=O)Nc1nc2[nH]ncc2cc1F. The number of nitrogens with one attached hydrogen (secondary N) is 2. The number of pyridine rings is 1. The minimum atomic E-state index is -0.652. The number of carbonyl (C=O) groups is 2. The summed E-state index contributed by atoms with van der Waals surface area (Å²) in [5.74, 6) is -1.51. The fourth-order valence-corrected chi connectivity index (χ4v) is 4.19. The highest BCUT2D eigenvalue weighted by Crippen LogP contribution is 2.52. The van der Waals surface area contributed by atoms with Crippen LogP contribution in [0.3, 0.4) is 0 Å². The van der Waals surface area contributed by atoms with Gasteiger partial charge in [-0.2, -0.15) is 5.10 Å². The zero-order chi connectivity index (χ0) is 19.5. The minimum Gasteiger partial charge on any atom is -0.328 e. The van der Waals surface area contributed by atoms with E-state index in [2.05, 4.69) is 36.4 Å². The third-order valence-corrected chi connectivity index (χ3v) is 5.88. The summed E-state index contributed by atoms with van der Waals surface area (Å²) in [4.78, 5) is 30.9. The third kappa shape index (κ3) is 2.77. The fourth-order valence-electron chi connectivity index (χ4n) is 3.83. The number of fused-ring (bicyclic) bond motifs is 3. The molecule has 142 valence electrons. The first kappa shape index (κ1) is 17.3. The second-order valence-electron chi connectivity index (χ2n) is 7.31. The Labute approximate surface area is 167 Å². The smallest absolute Gasteiger partial charge is 0.254 e. The largest absolute Gasteiger partial charge is 0.328 e. The Morgan fingerprint density at radius 2 is 2.18 bits per heavy atom. The first-order valence-electron chi connectivity index (χ1n) is 8.84. The second kappa shape index (κ2) is 6.10. The quantitative estimate of drug-likeness (QED) is 0.650. The van der Waals surface area contributed by atoms with Crippen LogP contribution in [0, 0.1) is 5.82 Å². The molecule has 2 aromatic heterocycles. The van der Waals surface area contributed by atoms with E-state index < -0.39 is 11.7 Å². The molecule has 3 aromatic rings. The predicted octanol–water partition coefficient (Wildman–Crippen LogP) is 2.99. The number of amides is 2. The monoisotopic (exact) mass is 443 g/mol. The van der Waals surface area contributed by atoms with Gasteiger partial charge in [0.1, 0.15) is 6.54 Å². The molecule has 2 N–H and O–H groups in total. The van der Waals surface area contributed by atoms with Crippen LogP contribution in [0.4, 0.5) is 10.2 Å². The summed E-state index contributed by atoms with van der Waals surface area (Å²) < 4.78 is 15.1. The molecule has 1 saturated carbocycles. The number of hydrogen-bond acceptors (Lipinski definition) is 4.